The van der Waals surface area contributed by atoms with Gasteiger partial charge in [0, 0.05) is 5.69 Å². The predicted molar refractivity (Wildman–Crippen MR) is 122 cm³/mol. The van der Waals surface area contributed by atoms with Crippen LogP contribution in [0.1, 0.15) is 11.1 Å². The summed E-state index contributed by atoms with van der Waals surface area (Å²) in [5.74, 6) is -1.26. The Morgan fingerprint density at radius 2 is 1.35 bits per heavy atom. The SMILES string of the molecule is COc1ccc(S(=O)(=O)N(CC(=O)O)c2ccccc2C(F)(F)F)cc1.Nc1ccccc1C(F)(F)F. The van der Waals surface area contributed by atoms with Gasteiger partial charge in [0.05, 0.1) is 28.8 Å². The molecular formula is C23H20F6N2O5S. The van der Waals surface area contributed by atoms with E-state index in [9.17, 15) is 39.6 Å². The summed E-state index contributed by atoms with van der Waals surface area (Å²) in [7, 11) is -3.20. The zero-order valence-electron chi connectivity index (χ0n) is 18.9. The number of carbonyl (C=O) groups is 1. The second kappa shape index (κ2) is 11.4. The normalized spacial score (nSPS) is 11.8. The lowest BCUT2D eigenvalue weighted by molar-refractivity contribution is -0.138. The van der Waals surface area contributed by atoms with Gasteiger partial charge in [-0.05, 0) is 48.5 Å². The van der Waals surface area contributed by atoms with Gasteiger partial charge >= 0.3 is 18.3 Å². The number of carboxylic acid groups (broad SMARTS) is 1. The average molecular weight is 550 g/mol. The standard InChI is InChI=1S/C16H14F3NO5S.C7H6F3N/c1-25-11-6-8-12(9-7-11)26(23,24)20(10-15(21)22)14-5-3-2-4-13(14)16(17,18)19;8-7(9,10)5-3-1-2-4-6(5)11/h2-9H,10H2,1H3,(H,21,22);1-4H,11H2. The Hall–Kier alpha value is -3.94. The van der Waals surface area contributed by atoms with Crippen molar-refractivity contribution in [2.24, 2.45) is 0 Å². The number of sulfonamides is 1. The fourth-order valence-electron chi connectivity index (χ4n) is 2.98. The molecule has 3 rings (SSSR count). The Bertz CT molecular complexity index is 1330. The van der Waals surface area contributed by atoms with Gasteiger partial charge in [-0.15, -0.1) is 0 Å². The third kappa shape index (κ3) is 7.52. The molecule has 0 unspecified atom stereocenters. The van der Waals surface area contributed by atoms with Crippen molar-refractivity contribution in [2.45, 2.75) is 17.2 Å². The Balaban J connectivity index is 0.000000364. The highest BCUT2D eigenvalue weighted by Gasteiger charge is 2.38. The van der Waals surface area contributed by atoms with Crippen molar-refractivity contribution in [2.75, 3.05) is 23.7 Å². The van der Waals surface area contributed by atoms with Crippen molar-refractivity contribution in [3.05, 3.63) is 83.9 Å². The molecular weight excluding hydrogens is 530 g/mol. The van der Waals surface area contributed by atoms with Crippen LogP contribution in [0.3, 0.4) is 0 Å². The first-order valence-electron chi connectivity index (χ1n) is 10.1. The van der Waals surface area contributed by atoms with Crippen LogP contribution >= 0.6 is 0 Å². The van der Waals surface area contributed by atoms with Gasteiger partial charge in [-0.2, -0.15) is 26.3 Å². The van der Waals surface area contributed by atoms with E-state index in [4.69, 9.17) is 15.6 Å². The molecule has 0 amide bonds. The molecule has 0 fully saturated rings. The summed E-state index contributed by atoms with van der Waals surface area (Å²) in [6, 6.07) is 13.7. The quantitative estimate of drug-likeness (QED) is 0.319. The van der Waals surface area contributed by atoms with Gasteiger partial charge < -0.3 is 15.6 Å². The number of nitrogens with zero attached hydrogens (tertiary/aromatic N) is 1. The first kappa shape index (κ1) is 29.3. The molecule has 0 atom stereocenters. The first-order chi connectivity index (χ1) is 17.1. The van der Waals surface area contributed by atoms with E-state index in [2.05, 4.69) is 0 Å². The maximum atomic E-state index is 13.3. The van der Waals surface area contributed by atoms with E-state index in [0.717, 1.165) is 30.3 Å². The Morgan fingerprint density at radius 1 is 0.865 bits per heavy atom. The second-order valence-corrected chi connectivity index (χ2v) is 9.04. The lowest BCUT2D eigenvalue weighted by Crippen LogP contribution is -2.37. The molecule has 0 bridgehead atoms. The maximum Gasteiger partial charge on any atom is 0.418 e. The number of alkyl halides is 6. The van der Waals surface area contributed by atoms with Crippen LogP contribution in [-0.2, 0) is 27.2 Å². The molecule has 0 aliphatic carbocycles. The largest absolute Gasteiger partial charge is 0.497 e. The molecule has 3 aromatic rings. The van der Waals surface area contributed by atoms with Crippen molar-refractivity contribution in [3.8, 4) is 5.75 Å². The van der Waals surface area contributed by atoms with Gasteiger partial charge in [0.25, 0.3) is 10.0 Å². The number of hydrogen-bond acceptors (Lipinski definition) is 5. The summed E-state index contributed by atoms with van der Waals surface area (Å²) >= 11 is 0. The number of carboxylic acids is 1. The van der Waals surface area contributed by atoms with Crippen LogP contribution < -0.4 is 14.8 Å². The number of anilines is 2. The minimum Gasteiger partial charge on any atom is -0.497 e. The van der Waals surface area contributed by atoms with E-state index < -0.39 is 51.7 Å². The van der Waals surface area contributed by atoms with E-state index in [1.807, 2.05) is 0 Å². The minimum atomic E-state index is -4.86. The third-order valence-corrected chi connectivity index (χ3v) is 6.44. The predicted octanol–water partition coefficient (Wildman–Crippen LogP) is 5.28. The van der Waals surface area contributed by atoms with E-state index in [-0.39, 0.29) is 14.9 Å². The summed E-state index contributed by atoms with van der Waals surface area (Å²) in [4.78, 5) is 10.8. The zero-order valence-corrected chi connectivity index (χ0v) is 19.7. The zero-order chi connectivity index (χ0) is 28.0. The van der Waals surface area contributed by atoms with Crippen LogP contribution in [-0.4, -0.2) is 33.1 Å². The number of methoxy groups -OCH3 is 1. The molecule has 200 valence electrons. The Labute approximate surface area is 207 Å². The number of ether oxygens (including phenoxy) is 1. The lowest BCUT2D eigenvalue weighted by atomic mass is 10.1. The van der Waals surface area contributed by atoms with Crippen LogP contribution in [0.5, 0.6) is 5.75 Å². The molecule has 0 radical (unpaired) electrons. The highest BCUT2D eigenvalue weighted by Crippen LogP contribution is 2.38. The molecule has 3 aromatic carbocycles. The smallest absolute Gasteiger partial charge is 0.418 e. The van der Waals surface area contributed by atoms with Crippen LogP contribution in [0, 0.1) is 0 Å². The van der Waals surface area contributed by atoms with Gasteiger partial charge in [-0.3, -0.25) is 9.10 Å². The molecule has 14 heteroatoms. The fraction of sp³-hybridized carbons (Fsp3) is 0.174. The number of benzene rings is 3. The highest BCUT2D eigenvalue weighted by molar-refractivity contribution is 7.92. The molecule has 0 saturated heterocycles. The highest BCUT2D eigenvalue weighted by atomic mass is 32.2. The van der Waals surface area contributed by atoms with E-state index >= 15 is 0 Å². The number of rotatable bonds is 6. The Kier molecular flexibility index (Phi) is 9.03. The van der Waals surface area contributed by atoms with Gasteiger partial charge in [0.1, 0.15) is 12.3 Å². The van der Waals surface area contributed by atoms with Crippen LogP contribution in [0.15, 0.2) is 77.7 Å². The van der Waals surface area contributed by atoms with E-state index in [0.29, 0.717) is 11.8 Å². The molecule has 7 nitrogen and oxygen atoms in total. The number of nitrogens with two attached hydrogens (primary N) is 1. The Morgan fingerprint density at radius 3 is 1.78 bits per heavy atom. The summed E-state index contributed by atoms with van der Waals surface area (Å²) in [6.07, 6.45) is -9.20. The first-order valence-corrected chi connectivity index (χ1v) is 11.5. The topological polar surface area (TPSA) is 110 Å². The van der Waals surface area contributed by atoms with Crippen molar-refractivity contribution in [3.63, 3.8) is 0 Å². The summed E-state index contributed by atoms with van der Waals surface area (Å²) in [5, 5.41) is 9.02. The van der Waals surface area contributed by atoms with Gasteiger partial charge in [0.15, 0.2) is 0 Å². The molecule has 0 saturated carbocycles. The average Bonchev–Trinajstić information content (AvgIpc) is 2.82. The fourth-order valence-corrected chi connectivity index (χ4v) is 4.42. The number of halogens is 6. The third-order valence-electron chi connectivity index (χ3n) is 4.67. The molecule has 37 heavy (non-hydrogen) atoms. The monoisotopic (exact) mass is 550 g/mol. The van der Waals surface area contributed by atoms with Crippen LogP contribution in [0.25, 0.3) is 0 Å². The van der Waals surface area contributed by atoms with Gasteiger partial charge in [0.2, 0.25) is 0 Å². The van der Waals surface area contributed by atoms with Gasteiger partial charge in [-0.25, -0.2) is 8.42 Å². The molecule has 0 aliphatic heterocycles. The lowest BCUT2D eigenvalue weighted by Gasteiger charge is -2.25. The maximum absolute atomic E-state index is 13.3. The van der Waals surface area contributed by atoms with E-state index in [1.165, 1.54) is 43.5 Å². The van der Waals surface area contributed by atoms with Crippen LogP contribution in [0.2, 0.25) is 0 Å². The van der Waals surface area contributed by atoms with Crippen LogP contribution in [0.4, 0.5) is 37.7 Å². The number of nitrogen functional groups attached to an aromatic ring is 1. The summed E-state index contributed by atoms with van der Waals surface area (Å²) < 4.78 is 106. The molecule has 0 aliphatic rings. The van der Waals surface area contributed by atoms with E-state index in [1.54, 1.807) is 0 Å². The molecule has 0 heterocycles. The summed E-state index contributed by atoms with van der Waals surface area (Å²) in [6.45, 7) is -1.17. The summed E-state index contributed by atoms with van der Waals surface area (Å²) in [5.41, 5.74) is 2.06. The van der Waals surface area contributed by atoms with Crippen molar-refractivity contribution in [1.82, 2.24) is 0 Å². The number of aliphatic carboxylic acids is 1. The number of hydrogen-bond donors (Lipinski definition) is 2. The molecule has 3 N–H and O–H groups in total. The van der Waals surface area contributed by atoms with Crippen molar-refractivity contribution >= 4 is 27.4 Å². The minimum absolute atomic E-state index is 0.222. The van der Waals surface area contributed by atoms with Crippen molar-refractivity contribution in [1.29, 1.82) is 0 Å². The van der Waals surface area contributed by atoms with Crippen molar-refractivity contribution < 1.29 is 49.4 Å². The molecule has 0 spiro atoms. The van der Waals surface area contributed by atoms with Gasteiger partial charge in [-0.1, -0.05) is 24.3 Å². The second-order valence-electron chi connectivity index (χ2n) is 7.18. The molecule has 0 aromatic heterocycles. The number of para-hydroxylation sites is 2.